The molecule has 2 N–H and O–H groups in total. The molecule has 1 fully saturated rings. The fourth-order valence-corrected chi connectivity index (χ4v) is 1.57. The molecule has 1 heterocycles. The molecule has 6 nitrogen and oxygen atoms in total. The molecule has 0 aliphatic carbocycles. The summed E-state index contributed by atoms with van der Waals surface area (Å²) in [5.74, 6) is -1.57. The molecule has 1 rings (SSSR count). The summed E-state index contributed by atoms with van der Waals surface area (Å²) in [6, 6.07) is -0.877. The van der Waals surface area contributed by atoms with Crippen molar-refractivity contribution in [1.82, 2.24) is 5.32 Å². The Morgan fingerprint density at radius 1 is 1.47 bits per heavy atom. The zero-order valence-corrected chi connectivity index (χ0v) is 10.1. The van der Waals surface area contributed by atoms with E-state index >= 15 is 0 Å². The molecule has 1 amide bonds. The molecule has 0 saturated carbocycles. The number of aliphatic carboxylic acids is 1. The Morgan fingerprint density at radius 2 is 2.18 bits per heavy atom. The van der Waals surface area contributed by atoms with Crippen molar-refractivity contribution in [2.24, 2.45) is 5.92 Å². The summed E-state index contributed by atoms with van der Waals surface area (Å²) < 4.78 is 10.3. The maximum atomic E-state index is 11.8. The zero-order chi connectivity index (χ0) is 12.8. The molecule has 1 aliphatic rings. The number of ether oxygens (including phenoxy) is 2. The van der Waals surface area contributed by atoms with Crippen LogP contribution in [0.25, 0.3) is 0 Å². The normalized spacial score (nSPS) is 23.8. The van der Waals surface area contributed by atoms with Crippen molar-refractivity contribution >= 4 is 11.9 Å². The standard InChI is InChI=1S/C11H19NO5/c1-3-7(2)9(11(14)15)12-10(13)8-6-16-4-5-17-8/h7-9H,3-6H2,1-2H3,(H,12,13)(H,14,15)/t7-,8+,9-/m0/s1. The first kappa shape index (κ1) is 13.9. The predicted molar refractivity (Wildman–Crippen MR) is 59.6 cm³/mol. The second-order valence-electron chi connectivity index (χ2n) is 4.14. The van der Waals surface area contributed by atoms with Gasteiger partial charge in [-0.25, -0.2) is 4.79 Å². The molecule has 6 heteroatoms. The third-order valence-corrected chi connectivity index (χ3v) is 2.89. The van der Waals surface area contributed by atoms with Gasteiger partial charge in [0.2, 0.25) is 0 Å². The Bertz CT molecular complexity index is 275. The highest BCUT2D eigenvalue weighted by Gasteiger charge is 2.30. The van der Waals surface area contributed by atoms with Gasteiger partial charge in [-0.2, -0.15) is 0 Å². The van der Waals surface area contributed by atoms with E-state index in [1.807, 2.05) is 6.92 Å². The van der Waals surface area contributed by atoms with Crippen LogP contribution < -0.4 is 5.32 Å². The van der Waals surface area contributed by atoms with Gasteiger partial charge in [-0.05, 0) is 5.92 Å². The van der Waals surface area contributed by atoms with E-state index in [-0.39, 0.29) is 12.5 Å². The van der Waals surface area contributed by atoms with Crippen molar-refractivity contribution in [3.05, 3.63) is 0 Å². The molecule has 0 bridgehead atoms. The van der Waals surface area contributed by atoms with E-state index in [9.17, 15) is 9.59 Å². The summed E-state index contributed by atoms with van der Waals surface area (Å²) in [7, 11) is 0. The van der Waals surface area contributed by atoms with Crippen molar-refractivity contribution < 1.29 is 24.2 Å². The van der Waals surface area contributed by atoms with Crippen molar-refractivity contribution in [3.63, 3.8) is 0 Å². The van der Waals surface area contributed by atoms with Gasteiger partial charge in [-0.3, -0.25) is 4.79 Å². The van der Waals surface area contributed by atoms with Crippen LogP contribution in [-0.2, 0) is 19.1 Å². The highest BCUT2D eigenvalue weighted by molar-refractivity contribution is 5.86. The summed E-state index contributed by atoms with van der Waals surface area (Å²) in [4.78, 5) is 22.8. The van der Waals surface area contributed by atoms with Gasteiger partial charge in [-0.1, -0.05) is 20.3 Å². The third kappa shape index (κ3) is 3.98. The maximum absolute atomic E-state index is 11.8. The van der Waals surface area contributed by atoms with Gasteiger partial charge in [-0.15, -0.1) is 0 Å². The van der Waals surface area contributed by atoms with E-state index in [0.717, 1.165) is 0 Å². The van der Waals surface area contributed by atoms with Crippen LogP contribution in [0.2, 0.25) is 0 Å². The van der Waals surface area contributed by atoms with Gasteiger partial charge in [0, 0.05) is 0 Å². The number of carboxylic acid groups (broad SMARTS) is 1. The number of carboxylic acids is 1. The Kier molecular flexibility index (Phi) is 5.37. The fourth-order valence-electron chi connectivity index (χ4n) is 1.57. The molecular formula is C11H19NO5. The summed E-state index contributed by atoms with van der Waals surface area (Å²) in [6.45, 7) is 4.68. The van der Waals surface area contributed by atoms with Crippen LogP contribution >= 0.6 is 0 Å². The van der Waals surface area contributed by atoms with E-state index < -0.39 is 24.0 Å². The maximum Gasteiger partial charge on any atom is 0.326 e. The predicted octanol–water partition coefficient (Wildman–Crippen LogP) is 0.0173. The van der Waals surface area contributed by atoms with Gasteiger partial charge in [0.1, 0.15) is 6.04 Å². The van der Waals surface area contributed by atoms with Crippen LogP contribution in [0.5, 0.6) is 0 Å². The quantitative estimate of drug-likeness (QED) is 0.713. The molecule has 0 aromatic heterocycles. The van der Waals surface area contributed by atoms with E-state index in [0.29, 0.717) is 19.6 Å². The molecule has 3 atom stereocenters. The lowest BCUT2D eigenvalue weighted by Crippen LogP contribution is -2.51. The van der Waals surface area contributed by atoms with Crippen molar-refractivity contribution in [2.75, 3.05) is 19.8 Å². The summed E-state index contributed by atoms with van der Waals surface area (Å²) in [6.07, 6.45) is -0.0196. The number of rotatable bonds is 5. The molecular weight excluding hydrogens is 226 g/mol. The summed E-state index contributed by atoms with van der Waals surface area (Å²) in [5, 5.41) is 11.5. The van der Waals surface area contributed by atoms with Crippen LogP contribution in [-0.4, -0.2) is 48.9 Å². The van der Waals surface area contributed by atoms with Crippen LogP contribution in [0.4, 0.5) is 0 Å². The first-order valence-electron chi connectivity index (χ1n) is 5.78. The Balaban J connectivity index is 2.53. The number of hydrogen-bond acceptors (Lipinski definition) is 4. The summed E-state index contributed by atoms with van der Waals surface area (Å²) >= 11 is 0. The number of nitrogens with one attached hydrogen (secondary N) is 1. The minimum Gasteiger partial charge on any atom is -0.480 e. The number of hydrogen-bond donors (Lipinski definition) is 2. The lowest BCUT2D eigenvalue weighted by molar-refractivity contribution is -0.153. The molecule has 0 spiro atoms. The molecule has 17 heavy (non-hydrogen) atoms. The van der Waals surface area contributed by atoms with Crippen LogP contribution in [0.3, 0.4) is 0 Å². The second kappa shape index (κ2) is 6.56. The Morgan fingerprint density at radius 3 is 2.65 bits per heavy atom. The zero-order valence-electron chi connectivity index (χ0n) is 10.1. The Hall–Kier alpha value is -1.14. The Labute approximate surface area is 100 Å². The van der Waals surface area contributed by atoms with Crippen LogP contribution in [0.15, 0.2) is 0 Å². The summed E-state index contributed by atoms with van der Waals surface area (Å²) in [5.41, 5.74) is 0. The second-order valence-corrected chi connectivity index (χ2v) is 4.14. The SMILES string of the molecule is CC[C@H](C)[C@H](NC(=O)[C@H]1COCCO1)C(=O)O. The highest BCUT2D eigenvalue weighted by Crippen LogP contribution is 2.09. The third-order valence-electron chi connectivity index (χ3n) is 2.89. The molecule has 0 unspecified atom stereocenters. The van der Waals surface area contributed by atoms with Crippen LogP contribution in [0.1, 0.15) is 20.3 Å². The van der Waals surface area contributed by atoms with Crippen molar-refractivity contribution in [3.8, 4) is 0 Å². The average Bonchev–Trinajstić information content (AvgIpc) is 2.35. The van der Waals surface area contributed by atoms with Gasteiger partial charge >= 0.3 is 5.97 Å². The van der Waals surface area contributed by atoms with E-state index in [4.69, 9.17) is 14.6 Å². The molecule has 1 saturated heterocycles. The lowest BCUT2D eigenvalue weighted by atomic mass is 9.99. The molecule has 0 radical (unpaired) electrons. The molecule has 1 aliphatic heterocycles. The minimum absolute atomic E-state index is 0.124. The first-order valence-corrected chi connectivity index (χ1v) is 5.78. The van der Waals surface area contributed by atoms with Gasteiger partial charge in [0.15, 0.2) is 6.10 Å². The van der Waals surface area contributed by atoms with Gasteiger partial charge in [0.05, 0.1) is 19.8 Å². The topological polar surface area (TPSA) is 84.9 Å². The number of carbonyl (C=O) groups is 2. The number of amides is 1. The molecule has 0 aromatic rings. The molecule has 0 aromatic carbocycles. The number of carbonyl (C=O) groups excluding carboxylic acids is 1. The smallest absolute Gasteiger partial charge is 0.326 e. The highest BCUT2D eigenvalue weighted by atomic mass is 16.6. The van der Waals surface area contributed by atoms with Crippen molar-refractivity contribution in [1.29, 1.82) is 0 Å². The van der Waals surface area contributed by atoms with E-state index in [1.165, 1.54) is 0 Å². The average molecular weight is 245 g/mol. The van der Waals surface area contributed by atoms with E-state index in [1.54, 1.807) is 6.92 Å². The molecule has 98 valence electrons. The fraction of sp³-hybridized carbons (Fsp3) is 0.818. The lowest BCUT2D eigenvalue weighted by Gasteiger charge is -2.26. The van der Waals surface area contributed by atoms with Gasteiger partial charge < -0.3 is 19.9 Å². The van der Waals surface area contributed by atoms with E-state index in [2.05, 4.69) is 5.32 Å². The van der Waals surface area contributed by atoms with Gasteiger partial charge in [0.25, 0.3) is 5.91 Å². The largest absolute Gasteiger partial charge is 0.480 e. The minimum atomic E-state index is -1.02. The monoisotopic (exact) mass is 245 g/mol. The van der Waals surface area contributed by atoms with Crippen LogP contribution in [0, 0.1) is 5.92 Å². The van der Waals surface area contributed by atoms with Crippen molar-refractivity contribution in [2.45, 2.75) is 32.4 Å². The first-order chi connectivity index (χ1) is 8.06.